The lowest BCUT2D eigenvalue weighted by Gasteiger charge is -2.17. The Morgan fingerprint density at radius 1 is 1.14 bits per heavy atom. The molecule has 1 fully saturated rings. The van der Waals surface area contributed by atoms with Crippen LogP contribution in [0.3, 0.4) is 0 Å². The largest absolute Gasteiger partial charge is 0.496 e. The first-order valence-electron chi connectivity index (χ1n) is 6.88. The van der Waals surface area contributed by atoms with Crippen LogP contribution in [-0.4, -0.2) is 18.6 Å². The van der Waals surface area contributed by atoms with Crippen LogP contribution in [0.1, 0.15) is 19.4 Å². The van der Waals surface area contributed by atoms with Crippen LogP contribution in [0.25, 0.3) is 16.8 Å². The van der Waals surface area contributed by atoms with E-state index in [0.717, 1.165) is 22.1 Å². The van der Waals surface area contributed by atoms with Gasteiger partial charge in [0.1, 0.15) is 5.75 Å². The minimum Gasteiger partial charge on any atom is -0.496 e. The van der Waals surface area contributed by atoms with E-state index in [2.05, 4.69) is 10.9 Å². The monoisotopic (exact) mass is 282 g/mol. The molecule has 1 saturated heterocycles. The van der Waals surface area contributed by atoms with Crippen molar-refractivity contribution in [3.05, 3.63) is 47.5 Å². The van der Waals surface area contributed by atoms with Gasteiger partial charge in [-0.15, -0.1) is 0 Å². The molecule has 1 amide bonds. The number of hydrogen-bond acceptors (Lipinski definition) is 3. The number of carbonyl (C=O) groups is 1. The van der Waals surface area contributed by atoms with E-state index in [0.29, 0.717) is 5.57 Å². The summed E-state index contributed by atoms with van der Waals surface area (Å²) < 4.78 is 5.47. The van der Waals surface area contributed by atoms with Gasteiger partial charge in [0, 0.05) is 11.0 Å². The van der Waals surface area contributed by atoms with Crippen molar-refractivity contribution in [1.29, 1.82) is 0 Å². The number of ether oxygens (including phenoxy) is 1. The molecule has 4 heteroatoms. The van der Waals surface area contributed by atoms with Crippen molar-refractivity contribution in [2.24, 2.45) is 0 Å². The molecule has 1 aliphatic heterocycles. The first-order chi connectivity index (χ1) is 10.0. The first kappa shape index (κ1) is 13.6. The Morgan fingerprint density at radius 3 is 2.48 bits per heavy atom. The highest BCUT2D eigenvalue weighted by molar-refractivity contribution is 6.05. The lowest BCUT2D eigenvalue weighted by molar-refractivity contribution is -0.116. The number of hydrazine groups is 1. The summed E-state index contributed by atoms with van der Waals surface area (Å²) in [6.07, 6.45) is 1.93. The quantitative estimate of drug-likeness (QED) is 0.833. The predicted molar refractivity (Wildman–Crippen MR) is 83.8 cm³/mol. The third kappa shape index (κ3) is 2.28. The number of amides is 1. The highest BCUT2D eigenvalue weighted by Crippen LogP contribution is 2.32. The highest BCUT2D eigenvalue weighted by Gasteiger charge is 2.35. The lowest BCUT2D eigenvalue weighted by Crippen LogP contribution is -2.38. The Balaban J connectivity index is 2.24. The van der Waals surface area contributed by atoms with E-state index in [1.54, 1.807) is 7.11 Å². The normalized spacial score (nSPS) is 19.0. The molecule has 3 rings (SSSR count). The summed E-state index contributed by atoms with van der Waals surface area (Å²) >= 11 is 0. The van der Waals surface area contributed by atoms with E-state index >= 15 is 0 Å². The maximum absolute atomic E-state index is 12.0. The van der Waals surface area contributed by atoms with E-state index in [1.807, 2.05) is 56.3 Å². The molecule has 0 aromatic heterocycles. The van der Waals surface area contributed by atoms with Crippen LogP contribution in [0.4, 0.5) is 0 Å². The molecule has 2 aromatic rings. The van der Waals surface area contributed by atoms with Crippen LogP contribution < -0.4 is 15.6 Å². The molecule has 0 spiro atoms. The average molecular weight is 282 g/mol. The van der Waals surface area contributed by atoms with E-state index in [9.17, 15) is 4.79 Å². The van der Waals surface area contributed by atoms with Crippen LogP contribution in [0.5, 0.6) is 5.75 Å². The Morgan fingerprint density at radius 2 is 1.86 bits per heavy atom. The van der Waals surface area contributed by atoms with Gasteiger partial charge in [-0.3, -0.25) is 10.2 Å². The molecular weight excluding hydrogens is 264 g/mol. The van der Waals surface area contributed by atoms with Crippen molar-refractivity contribution in [1.82, 2.24) is 10.9 Å². The van der Waals surface area contributed by atoms with Crippen molar-refractivity contribution in [2.45, 2.75) is 19.4 Å². The Hall–Kier alpha value is -2.33. The summed E-state index contributed by atoms with van der Waals surface area (Å²) in [6, 6.07) is 12.0. The highest BCUT2D eigenvalue weighted by atomic mass is 16.5. The molecule has 0 aliphatic carbocycles. The molecule has 0 saturated carbocycles. The Bertz CT molecular complexity index is 742. The van der Waals surface area contributed by atoms with Gasteiger partial charge in [0.2, 0.25) is 0 Å². The lowest BCUT2D eigenvalue weighted by atomic mass is 9.92. The summed E-state index contributed by atoms with van der Waals surface area (Å²) in [5.41, 5.74) is 6.95. The van der Waals surface area contributed by atoms with Crippen molar-refractivity contribution >= 4 is 22.8 Å². The molecule has 21 heavy (non-hydrogen) atoms. The molecular formula is C17H18N2O2. The summed E-state index contributed by atoms with van der Waals surface area (Å²) in [7, 11) is 1.66. The molecule has 0 bridgehead atoms. The van der Waals surface area contributed by atoms with Gasteiger partial charge < -0.3 is 4.74 Å². The number of benzene rings is 2. The third-order valence-electron chi connectivity index (χ3n) is 3.82. The van der Waals surface area contributed by atoms with Crippen molar-refractivity contribution in [3.8, 4) is 5.75 Å². The molecule has 1 heterocycles. The number of methoxy groups -OCH3 is 1. The van der Waals surface area contributed by atoms with Crippen LogP contribution in [-0.2, 0) is 4.79 Å². The maximum Gasteiger partial charge on any atom is 0.263 e. The average Bonchev–Trinajstić information content (AvgIpc) is 2.73. The van der Waals surface area contributed by atoms with Gasteiger partial charge in [0.05, 0.1) is 12.6 Å². The van der Waals surface area contributed by atoms with E-state index < -0.39 is 5.54 Å². The minimum atomic E-state index is -0.402. The van der Waals surface area contributed by atoms with E-state index in [4.69, 9.17) is 4.74 Å². The first-order valence-corrected chi connectivity index (χ1v) is 6.88. The smallest absolute Gasteiger partial charge is 0.263 e. The fourth-order valence-electron chi connectivity index (χ4n) is 2.66. The molecule has 0 radical (unpaired) electrons. The second-order valence-electron chi connectivity index (χ2n) is 5.67. The predicted octanol–water partition coefficient (Wildman–Crippen LogP) is 2.64. The van der Waals surface area contributed by atoms with Gasteiger partial charge in [0.25, 0.3) is 5.91 Å². The second kappa shape index (κ2) is 4.90. The minimum absolute atomic E-state index is 0.0908. The SMILES string of the molecule is COc1cccc2cccc(/C=C3\C(=O)NNC3(C)C)c12. The number of rotatable bonds is 2. The number of carbonyl (C=O) groups excluding carboxylic acids is 1. The van der Waals surface area contributed by atoms with Gasteiger partial charge in [0.15, 0.2) is 0 Å². The van der Waals surface area contributed by atoms with Crippen LogP contribution in [0.15, 0.2) is 42.0 Å². The van der Waals surface area contributed by atoms with Crippen molar-refractivity contribution in [3.63, 3.8) is 0 Å². The molecule has 2 aromatic carbocycles. The molecule has 2 N–H and O–H groups in total. The van der Waals surface area contributed by atoms with Gasteiger partial charge in [-0.1, -0.05) is 30.3 Å². The summed E-state index contributed by atoms with van der Waals surface area (Å²) in [5, 5.41) is 2.11. The number of nitrogens with one attached hydrogen (secondary N) is 2. The van der Waals surface area contributed by atoms with Crippen LogP contribution in [0.2, 0.25) is 0 Å². The molecule has 0 unspecified atom stereocenters. The third-order valence-corrected chi connectivity index (χ3v) is 3.82. The zero-order valence-corrected chi connectivity index (χ0v) is 12.4. The summed E-state index contributed by atoms with van der Waals surface area (Å²) in [4.78, 5) is 12.0. The van der Waals surface area contributed by atoms with E-state index in [-0.39, 0.29) is 5.91 Å². The Kier molecular flexibility index (Phi) is 3.18. The molecule has 1 aliphatic rings. The van der Waals surface area contributed by atoms with Gasteiger partial charge in [-0.2, -0.15) is 0 Å². The molecule has 108 valence electrons. The van der Waals surface area contributed by atoms with Crippen LogP contribution >= 0.6 is 0 Å². The molecule has 0 atom stereocenters. The van der Waals surface area contributed by atoms with Gasteiger partial charge in [-0.05, 0) is 36.9 Å². The summed E-state index contributed by atoms with van der Waals surface area (Å²) in [5.74, 6) is 0.719. The van der Waals surface area contributed by atoms with Gasteiger partial charge >= 0.3 is 0 Å². The fourth-order valence-corrected chi connectivity index (χ4v) is 2.66. The summed E-state index contributed by atoms with van der Waals surface area (Å²) in [6.45, 7) is 3.94. The van der Waals surface area contributed by atoms with Crippen molar-refractivity contribution in [2.75, 3.05) is 7.11 Å². The Labute approximate surface area is 123 Å². The number of fused-ring (bicyclic) bond motifs is 1. The van der Waals surface area contributed by atoms with Crippen LogP contribution in [0, 0.1) is 0 Å². The van der Waals surface area contributed by atoms with Gasteiger partial charge in [-0.25, -0.2) is 5.43 Å². The zero-order chi connectivity index (χ0) is 15.0. The van der Waals surface area contributed by atoms with E-state index in [1.165, 1.54) is 0 Å². The maximum atomic E-state index is 12.0. The molecule has 4 nitrogen and oxygen atoms in total. The second-order valence-corrected chi connectivity index (χ2v) is 5.67. The number of hydrogen-bond donors (Lipinski definition) is 2. The van der Waals surface area contributed by atoms with Crippen molar-refractivity contribution < 1.29 is 9.53 Å². The fraction of sp³-hybridized carbons (Fsp3) is 0.235. The zero-order valence-electron chi connectivity index (χ0n) is 12.4. The topological polar surface area (TPSA) is 50.4 Å². The standard InChI is InChI=1S/C17H18N2O2/c1-17(2)13(16(20)18-19-17)10-12-8-4-6-11-7-5-9-14(21-3)15(11)12/h4-10,19H,1-3H3,(H,18,20)/b13-10+.